The first-order chi connectivity index (χ1) is 5.40. The molecule has 0 amide bonds. The summed E-state index contributed by atoms with van der Waals surface area (Å²) in [5.74, 6) is -6.33. The molecule has 13 heavy (non-hydrogen) atoms. The smallest absolute Gasteiger partial charge is 0.211 e. The zero-order valence-electron chi connectivity index (χ0n) is 5.37. The third kappa shape index (κ3) is 2.45. The minimum Gasteiger partial charge on any atom is -0.211 e. The van der Waals surface area contributed by atoms with Crippen molar-refractivity contribution in [3.05, 3.63) is 5.50 Å². The largest absolute Gasteiger partial charge is 0.458 e. The SMILES string of the molecule is O=S(=O)(F)[C](F)C(F)(F)C(F)(F)F. The summed E-state index contributed by atoms with van der Waals surface area (Å²) in [4.78, 5) is 0. The fraction of sp³-hybridized carbons (Fsp3) is 0.667. The van der Waals surface area contributed by atoms with Crippen LogP contribution in [0.1, 0.15) is 0 Å². The summed E-state index contributed by atoms with van der Waals surface area (Å²) >= 11 is 0. The van der Waals surface area contributed by atoms with E-state index in [-0.39, 0.29) is 0 Å². The van der Waals surface area contributed by atoms with E-state index in [1.165, 1.54) is 0 Å². The van der Waals surface area contributed by atoms with E-state index in [4.69, 9.17) is 0 Å². The molecule has 0 saturated heterocycles. The van der Waals surface area contributed by atoms with Gasteiger partial charge in [-0.05, 0) is 0 Å². The number of alkyl halides is 5. The molecule has 0 aromatic rings. The van der Waals surface area contributed by atoms with E-state index in [9.17, 15) is 38.6 Å². The van der Waals surface area contributed by atoms with Crippen LogP contribution in [-0.4, -0.2) is 20.5 Å². The Balaban J connectivity index is 5.09. The summed E-state index contributed by atoms with van der Waals surface area (Å²) in [5, 5.41) is 0. The van der Waals surface area contributed by atoms with Gasteiger partial charge in [-0.25, -0.2) is 4.39 Å². The van der Waals surface area contributed by atoms with E-state index in [1.54, 1.807) is 0 Å². The summed E-state index contributed by atoms with van der Waals surface area (Å²) in [7, 11) is -6.66. The van der Waals surface area contributed by atoms with Gasteiger partial charge in [-0.3, -0.25) is 0 Å². The molecular weight excluding hydrogens is 233 g/mol. The predicted octanol–water partition coefficient (Wildman–Crippen LogP) is 1.94. The van der Waals surface area contributed by atoms with Crippen LogP contribution >= 0.6 is 0 Å². The van der Waals surface area contributed by atoms with Gasteiger partial charge in [0, 0.05) is 0 Å². The van der Waals surface area contributed by atoms with Gasteiger partial charge in [0.15, 0.2) is 0 Å². The molecule has 2 nitrogen and oxygen atoms in total. The molecule has 0 saturated carbocycles. The molecule has 0 aliphatic heterocycles. The van der Waals surface area contributed by atoms with Crippen LogP contribution in [0.4, 0.5) is 30.2 Å². The lowest BCUT2D eigenvalue weighted by molar-refractivity contribution is -0.276. The van der Waals surface area contributed by atoms with Gasteiger partial charge < -0.3 is 0 Å². The van der Waals surface area contributed by atoms with Crippen LogP contribution in [-0.2, 0) is 10.2 Å². The van der Waals surface area contributed by atoms with Gasteiger partial charge in [0.2, 0.25) is 0 Å². The van der Waals surface area contributed by atoms with Crippen molar-refractivity contribution in [2.75, 3.05) is 0 Å². The van der Waals surface area contributed by atoms with Gasteiger partial charge in [0.05, 0.1) is 0 Å². The molecular formula is C3F7O2S. The van der Waals surface area contributed by atoms with Crippen LogP contribution < -0.4 is 0 Å². The summed E-state index contributed by atoms with van der Waals surface area (Å²) < 4.78 is 98.6. The first-order valence-corrected chi connectivity index (χ1v) is 3.71. The molecule has 0 unspecified atom stereocenters. The number of rotatable bonds is 2. The van der Waals surface area contributed by atoms with E-state index in [1.807, 2.05) is 0 Å². The van der Waals surface area contributed by atoms with Crippen molar-refractivity contribution in [3.63, 3.8) is 0 Å². The summed E-state index contributed by atoms with van der Waals surface area (Å²) in [6.45, 7) is 0. The van der Waals surface area contributed by atoms with Crippen molar-refractivity contribution < 1.29 is 38.6 Å². The molecule has 0 aliphatic rings. The Kier molecular flexibility index (Phi) is 2.87. The molecule has 0 heterocycles. The normalized spacial score (nSPS) is 15.1. The fourth-order valence-electron chi connectivity index (χ4n) is 0.265. The quantitative estimate of drug-likeness (QED) is 0.539. The second kappa shape index (κ2) is 3.00. The molecule has 79 valence electrons. The molecule has 0 aromatic heterocycles. The molecule has 0 aliphatic carbocycles. The van der Waals surface area contributed by atoms with E-state index >= 15 is 0 Å². The van der Waals surface area contributed by atoms with Gasteiger partial charge >= 0.3 is 27.8 Å². The Morgan fingerprint density at radius 1 is 1.00 bits per heavy atom. The van der Waals surface area contributed by atoms with Crippen LogP contribution in [0, 0.1) is 5.50 Å². The van der Waals surface area contributed by atoms with Crippen molar-refractivity contribution in [1.29, 1.82) is 0 Å². The monoisotopic (exact) mass is 233 g/mol. The summed E-state index contributed by atoms with van der Waals surface area (Å²) in [6, 6.07) is 0. The van der Waals surface area contributed by atoms with E-state index < -0.39 is 27.8 Å². The zero-order valence-corrected chi connectivity index (χ0v) is 6.19. The molecule has 0 spiro atoms. The number of halogens is 7. The Labute approximate surface area is 67.5 Å². The first kappa shape index (κ1) is 12.5. The highest BCUT2D eigenvalue weighted by molar-refractivity contribution is 7.89. The third-order valence-corrected chi connectivity index (χ3v) is 1.50. The van der Waals surface area contributed by atoms with E-state index in [2.05, 4.69) is 0 Å². The van der Waals surface area contributed by atoms with Gasteiger partial charge in [-0.2, -0.15) is 30.4 Å². The maximum absolute atomic E-state index is 11.7. The topological polar surface area (TPSA) is 34.1 Å². The van der Waals surface area contributed by atoms with Gasteiger partial charge in [-0.1, -0.05) is 0 Å². The standard InChI is InChI=1S/C3F7O2S/c4-1(13(10,11)12)2(5,6)3(7,8)9. The molecule has 0 fully saturated rings. The zero-order chi connectivity index (χ0) is 11.1. The van der Waals surface area contributed by atoms with Crippen LogP contribution in [0.2, 0.25) is 0 Å². The van der Waals surface area contributed by atoms with Crippen LogP contribution in [0.3, 0.4) is 0 Å². The minimum absolute atomic E-state index is 4.06. The van der Waals surface area contributed by atoms with Crippen LogP contribution in [0.5, 0.6) is 0 Å². The maximum atomic E-state index is 11.7. The van der Waals surface area contributed by atoms with Crippen molar-refractivity contribution in [3.8, 4) is 0 Å². The van der Waals surface area contributed by atoms with Gasteiger partial charge in [0.25, 0.3) is 0 Å². The van der Waals surface area contributed by atoms with Crippen molar-refractivity contribution in [1.82, 2.24) is 0 Å². The average Bonchev–Trinajstić information content (AvgIpc) is 1.81. The van der Waals surface area contributed by atoms with Crippen molar-refractivity contribution >= 4 is 10.2 Å². The molecule has 0 aromatic carbocycles. The maximum Gasteiger partial charge on any atom is 0.458 e. The Bertz CT molecular complexity index is 277. The van der Waals surface area contributed by atoms with Crippen molar-refractivity contribution in [2.24, 2.45) is 0 Å². The average molecular weight is 233 g/mol. The van der Waals surface area contributed by atoms with E-state index in [0.717, 1.165) is 0 Å². The highest BCUT2D eigenvalue weighted by Crippen LogP contribution is 2.45. The minimum atomic E-state index is -6.66. The van der Waals surface area contributed by atoms with Gasteiger partial charge in [-0.15, -0.1) is 3.89 Å². The molecule has 1 radical (unpaired) electrons. The Hall–Kier alpha value is -0.540. The lowest BCUT2D eigenvalue weighted by Crippen LogP contribution is -2.42. The predicted molar refractivity (Wildman–Crippen MR) is 25.4 cm³/mol. The highest BCUT2D eigenvalue weighted by Gasteiger charge is 2.69. The number of hydrogen-bond acceptors (Lipinski definition) is 2. The summed E-state index contributed by atoms with van der Waals surface area (Å²) in [5.41, 5.74) is -4.06. The van der Waals surface area contributed by atoms with Crippen LogP contribution in [0.25, 0.3) is 0 Å². The first-order valence-electron chi connectivity index (χ1n) is 2.33. The second-order valence-electron chi connectivity index (χ2n) is 1.78. The molecule has 0 N–H and O–H groups in total. The summed E-state index contributed by atoms with van der Waals surface area (Å²) in [6.07, 6.45) is -6.49. The lowest BCUT2D eigenvalue weighted by atomic mass is 10.4. The second-order valence-corrected chi connectivity index (χ2v) is 3.02. The molecule has 0 rings (SSSR count). The highest BCUT2D eigenvalue weighted by atomic mass is 32.3. The van der Waals surface area contributed by atoms with Gasteiger partial charge in [0.1, 0.15) is 0 Å². The molecule has 10 heteroatoms. The fourth-order valence-corrected chi connectivity index (χ4v) is 0.686. The lowest BCUT2D eigenvalue weighted by Gasteiger charge is -2.18. The Morgan fingerprint density at radius 2 is 1.31 bits per heavy atom. The van der Waals surface area contributed by atoms with Crippen molar-refractivity contribution in [2.45, 2.75) is 12.1 Å². The molecule has 0 bridgehead atoms. The third-order valence-electron chi connectivity index (χ3n) is 0.817. The van der Waals surface area contributed by atoms with Crippen LogP contribution in [0.15, 0.2) is 0 Å². The molecule has 0 atom stereocenters. The number of hydrogen-bond donors (Lipinski definition) is 0. The van der Waals surface area contributed by atoms with E-state index in [0.29, 0.717) is 0 Å². The Morgan fingerprint density at radius 3 is 1.38 bits per heavy atom.